The van der Waals surface area contributed by atoms with Crippen molar-refractivity contribution in [2.75, 3.05) is 0 Å². The van der Waals surface area contributed by atoms with E-state index in [1.54, 1.807) is 0 Å². The third-order valence-electron chi connectivity index (χ3n) is 10.8. The molecule has 0 nitrogen and oxygen atoms in total. The fourth-order valence-electron chi connectivity index (χ4n) is 8.50. The van der Waals surface area contributed by atoms with E-state index in [2.05, 4.69) is 172 Å². The van der Waals surface area contributed by atoms with Gasteiger partial charge < -0.3 is 0 Å². The Kier molecular flexibility index (Phi) is 10.4. The molecule has 50 heavy (non-hydrogen) atoms. The molecule has 0 spiro atoms. The van der Waals surface area contributed by atoms with Gasteiger partial charge in [0.05, 0.1) is 0 Å². The Hall–Kier alpha value is -4.17. The van der Waals surface area contributed by atoms with Gasteiger partial charge in [0, 0.05) is 0 Å². The first-order valence-electron chi connectivity index (χ1n) is 18.0. The van der Waals surface area contributed by atoms with Crippen LogP contribution in [0.4, 0.5) is 0 Å². The van der Waals surface area contributed by atoms with Crippen molar-refractivity contribution >= 4 is 34.0 Å². The van der Waals surface area contributed by atoms with Crippen molar-refractivity contribution in [3.05, 3.63) is 193 Å². The Morgan fingerprint density at radius 3 is 0.820 bits per heavy atom. The van der Waals surface area contributed by atoms with Crippen LogP contribution in [0, 0.1) is 62.3 Å². The number of aryl methyl sites for hydroxylation is 9. The van der Waals surface area contributed by atoms with E-state index in [1.807, 2.05) is 0 Å². The summed E-state index contributed by atoms with van der Waals surface area (Å²) >= 11 is 8.68. The van der Waals surface area contributed by atoms with E-state index in [-0.39, 0.29) is 0 Å². The monoisotopic (exact) mass is 690 g/mol. The number of hydrogen-bond acceptors (Lipinski definition) is 0. The van der Waals surface area contributed by atoms with E-state index in [0.717, 1.165) is 19.3 Å². The molecule has 0 atom stereocenters. The van der Waals surface area contributed by atoms with Crippen LogP contribution in [0.2, 0.25) is 0 Å². The molecule has 0 saturated heterocycles. The summed E-state index contributed by atoms with van der Waals surface area (Å²) in [6.45, 7) is 20.1. The first kappa shape index (κ1) is 35.6. The van der Waals surface area contributed by atoms with Crippen molar-refractivity contribution in [3.63, 3.8) is 0 Å². The zero-order chi connectivity index (χ0) is 35.7. The van der Waals surface area contributed by atoms with E-state index in [4.69, 9.17) is 11.1 Å². The Labute approximate surface area is 306 Å². The second-order valence-electron chi connectivity index (χ2n) is 14.8. The quantitative estimate of drug-likeness (QED) is 0.0805. The summed E-state index contributed by atoms with van der Waals surface area (Å²) in [5, 5.41) is 3.86. The molecule has 0 aliphatic heterocycles. The highest BCUT2D eigenvalue weighted by Gasteiger charge is 2.42. The molecule has 0 aliphatic rings. The minimum atomic E-state index is -3.14. The number of rotatable bonds is 9. The predicted molar refractivity (Wildman–Crippen MR) is 220 cm³/mol. The SMILES string of the molecule is Cc1cc(C)c(Cc2ccccc2[Si](Cl)(c2ccccc2Cc2c(C)cc(C)cc2C)c2ccccc2Cc2c(C)cc(C)cc2C)c(C)c1. The number of benzene rings is 6. The van der Waals surface area contributed by atoms with Gasteiger partial charge >= 0.3 is 0 Å². The van der Waals surface area contributed by atoms with Crippen molar-refractivity contribution in [2.45, 2.75) is 81.6 Å². The van der Waals surface area contributed by atoms with Gasteiger partial charge in [0.1, 0.15) is 0 Å². The van der Waals surface area contributed by atoms with E-state index in [0.29, 0.717) is 0 Å². The lowest BCUT2D eigenvalue weighted by molar-refractivity contribution is 1.11. The highest BCUT2D eigenvalue weighted by Crippen LogP contribution is 2.27. The Morgan fingerprint density at radius 1 is 0.360 bits per heavy atom. The minimum absolute atomic E-state index is 0.853. The molecule has 0 N–H and O–H groups in total. The summed E-state index contributed by atoms with van der Waals surface area (Å²) in [5.74, 6) is 0. The van der Waals surface area contributed by atoms with Crippen LogP contribution in [-0.2, 0) is 19.3 Å². The molecule has 6 aromatic rings. The Morgan fingerprint density at radius 2 is 0.580 bits per heavy atom. The van der Waals surface area contributed by atoms with Gasteiger partial charge in [-0.1, -0.05) is 126 Å². The van der Waals surface area contributed by atoms with Crippen LogP contribution >= 0.6 is 11.1 Å². The molecule has 0 bridgehead atoms. The minimum Gasteiger partial charge on any atom is -0.149 e. The molecular formula is C48H51ClSi. The molecule has 0 aliphatic carbocycles. The standard InChI is InChI=1S/C48H51ClSi/c1-31-22-34(4)43(35(5)23-31)28-40-16-10-13-19-46(40)50(49,47-20-14-11-17-41(47)29-44-36(6)24-32(2)25-37(44)7)48-21-15-12-18-42(48)30-45-38(8)26-33(3)27-39(45)9/h10-27H,28-30H2,1-9H3. The van der Waals surface area contributed by atoms with E-state index >= 15 is 0 Å². The van der Waals surface area contributed by atoms with E-state index in [9.17, 15) is 0 Å². The molecule has 6 rings (SSSR count). The molecule has 6 aromatic carbocycles. The number of hydrogen-bond donors (Lipinski definition) is 0. The maximum absolute atomic E-state index is 8.68. The highest BCUT2D eigenvalue weighted by molar-refractivity contribution is 7.40. The van der Waals surface area contributed by atoms with Gasteiger partial charge in [-0.05, 0) is 164 Å². The average molecular weight is 691 g/mol. The summed E-state index contributed by atoms with van der Waals surface area (Å²) in [6, 6.07) is 41.1. The van der Waals surface area contributed by atoms with Crippen molar-refractivity contribution in [2.24, 2.45) is 0 Å². The smallest absolute Gasteiger partial charge is 0.149 e. The molecule has 0 saturated carbocycles. The van der Waals surface area contributed by atoms with Crippen molar-refractivity contribution in [1.82, 2.24) is 0 Å². The van der Waals surface area contributed by atoms with Crippen LogP contribution in [0.25, 0.3) is 0 Å². The van der Waals surface area contributed by atoms with E-state index < -0.39 is 7.38 Å². The summed E-state index contributed by atoms with van der Waals surface area (Å²) in [7, 11) is -3.14. The molecule has 0 heterocycles. The summed E-state index contributed by atoms with van der Waals surface area (Å²) in [6.07, 6.45) is 2.56. The summed E-state index contributed by atoms with van der Waals surface area (Å²) in [4.78, 5) is 0. The summed E-state index contributed by atoms with van der Waals surface area (Å²) in [5.41, 5.74) is 20.1. The molecule has 0 radical (unpaired) electrons. The maximum Gasteiger partial charge on any atom is 0.248 e. The van der Waals surface area contributed by atoms with Gasteiger partial charge in [0.2, 0.25) is 7.38 Å². The summed E-state index contributed by atoms with van der Waals surface area (Å²) < 4.78 is 0. The average Bonchev–Trinajstić information content (AvgIpc) is 3.06. The molecule has 0 unspecified atom stereocenters. The second kappa shape index (κ2) is 14.6. The zero-order valence-electron chi connectivity index (χ0n) is 31.4. The molecule has 0 fully saturated rings. The van der Waals surface area contributed by atoms with Gasteiger partial charge in [-0.15, -0.1) is 11.1 Å². The lowest BCUT2D eigenvalue weighted by atomic mass is 9.94. The first-order chi connectivity index (χ1) is 23.9. The van der Waals surface area contributed by atoms with Gasteiger partial charge in [0.25, 0.3) is 0 Å². The molecule has 0 amide bonds. The topological polar surface area (TPSA) is 0 Å². The fraction of sp³-hybridized carbons (Fsp3) is 0.250. The third kappa shape index (κ3) is 7.04. The van der Waals surface area contributed by atoms with Crippen LogP contribution in [0.3, 0.4) is 0 Å². The van der Waals surface area contributed by atoms with Gasteiger partial charge in [-0.25, -0.2) is 0 Å². The van der Waals surface area contributed by atoms with Gasteiger partial charge in [0.15, 0.2) is 0 Å². The maximum atomic E-state index is 8.68. The van der Waals surface area contributed by atoms with Crippen LogP contribution in [0.1, 0.15) is 83.5 Å². The third-order valence-corrected chi connectivity index (χ3v) is 16.3. The second-order valence-corrected chi connectivity index (χ2v) is 19.4. The highest BCUT2D eigenvalue weighted by atomic mass is 35.6. The van der Waals surface area contributed by atoms with Crippen LogP contribution in [-0.4, -0.2) is 7.38 Å². The molecular weight excluding hydrogens is 640 g/mol. The molecule has 2 heteroatoms. The molecule has 254 valence electrons. The lowest BCUT2D eigenvalue weighted by Gasteiger charge is -2.33. The Bertz CT molecular complexity index is 1890. The van der Waals surface area contributed by atoms with Gasteiger partial charge in [-0.3, -0.25) is 0 Å². The Balaban J connectivity index is 1.61. The van der Waals surface area contributed by atoms with Crippen LogP contribution < -0.4 is 15.6 Å². The number of halogens is 1. The van der Waals surface area contributed by atoms with E-state index in [1.165, 1.54) is 99.0 Å². The van der Waals surface area contributed by atoms with Crippen LogP contribution in [0.5, 0.6) is 0 Å². The van der Waals surface area contributed by atoms with Crippen molar-refractivity contribution in [1.29, 1.82) is 0 Å². The normalized spacial score (nSPS) is 11.6. The first-order valence-corrected chi connectivity index (χ1v) is 21.0. The lowest BCUT2D eigenvalue weighted by Crippen LogP contribution is -2.65. The van der Waals surface area contributed by atoms with Crippen molar-refractivity contribution in [3.8, 4) is 0 Å². The van der Waals surface area contributed by atoms with Gasteiger partial charge in [-0.2, -0.15) is 0 Å². The zero-order valence-corrected chi connectivity index (χ0v) is 33.1. The fourth-order valence-corrected chi connectivity index (χ4v) is 13.9. The molecule has 0 aromatic heterocycles. The van der Waals surface area contributed by atoms with Crippen LogP contribution in [0.15, 0.2) is 109 Å². The largest absolute Gasteiger partial charge is 0.248 e. The van der Waals surface area contributed by atoms with Crippen molar-refractivity contribution < 1.29 is 0 Å². The predicted octanol–water partition coefficient (Wildman–Crippen LogP) is 10.4.